The molecule has 0 aromatic carbocycles. The van der Waals surface area contributed by atoms with E-state index in [1.54, 1.807) is 8.61 Å². The molecule has 0 bridgehead atoms. The van der Waals surface area contributed by atoms with E-state index in [1.807, 2.05) is 0 Å². The molecule has 5 atom stereocenters. The molecule has 180 valence electrons. The van der Waals surface area contributed by atoms with E-state index in [4.69, 9.17) is 0 Å². The van der Waals surface area contributed by atoms with Crippen molar-refractivity contribution in [3.63, 3.8) is 0 Å². The number of hydrogen-bond donors (Lipinski definition) is 1. The lowest BCUT2D eigenvalue weighted by atomic mass is 9.92. The average molecular weight is 457 g/mol. The minimum atomic E-state index is -3.49. The number of amides is 1. The van der Waals surface area contributed by atoms with Crippen molar-refractivity contribution in [1.29, 1.82) is 0 Å². The van der Waals surface area contributed by atoms with Crippen molar-refractivity contribution in [2.24, 2.45) is 29.6 Å². The zero-order valence-electron chi connectivity index (χ0n) is 20.1. The third kappa shape index (κ3) is 6.89. The van der Waals surface area contributed by atoms with Crippen molar-refractivity contribution in [2.45, 2.75) is 59.8 Å². The Morgan fingerprint density at radius 2 is 1.45 bits per heavy atom. The van der Waals surface area contributed by atoms with Crippen LogP contribution in [0.15, 0.2) is 0 Å². The Labute approximate surface area is 190 Å². The van der Waals surface area contributed by atoms with Crippen LogP contribution in [0.2, 0.25) is 0 Å². The number of nitrogens with zero attached hydrogens (tertiary/aromatic N) is 3. The van der Waals surface area contributed by atoms with Gasteiger partial charge < -0.3 is 10.2 Å². The highest BCUT2D eigenvalue weighted by Crippen LogP contribution is 2.27. The van der Waals surface area contributed by atoms with E-state index in [2.05, 4.69) is 37.9 Å². The average Bonchev–Trinajstić information content (AvgIpc) is 2.69. The molecule has 0 spiro atoms. The maximum Gasteiger partial charge on any atom is 0.282 e. The van der Waals surface area contributed by atoms with Gasteiger partial charge in [-0.1, -0.05) is 27.7 Å². The van der Waals surface area contributed by atoms with Crippen LogP contribution in [-0.4, -0.2) is 80.2 Å². The van der Waals surface area contributed by atoms with Crippen molar-refractivity contribution in [1.82, 2.24) is 18.8 Å². The molecular formula is C23H44N4O3S. The summed E-state index contributed by atoms with van der Waals surface area (Å²) in [5.74, 6) is 2.04. The van der Waals surface area contributed by atoms with Gasteiger partial charge in [0.25, 0.3) is 10.2 Å². The van der Waals surface area contributed by atoms with E-state index in [1.165, 1.54) is 6.42 Å². The van der Waals surface area contributed by atoms with Gasteiger partial charge in [0, 0.05) is 45.8 Å². The number of nitrogens with one attached hydrogen (secondary N) is 1. The molecule has 1 N–H and O–H groups in total. The van der Waals surface area contributed by atoms with Crippen molar-refractivity contribution < 1.29 is 13.2 Å². The van der Waals surface area contributed by atoms with Gasteiger partial charge in [-0.05, 0) is 62.3 Å². The number of hydrogen-bond acceptors (Lipinski definition) is 4. The molecule has 0 unspecified atom stereocenters. The summed E-state index contributed by atoms with van der Waals surface area (Å²) >= 11 is 0. The predicted molar refractivity (Wildman–Crippen MR) is 125 cm³/mol. The summed E-state index contributed by atoms with van der Waals surface area (Å²) in [5.41, 5.74) is 0. The van der Waals surface area contributed by atoms with Gasteiger partial charge in [0.1, 0.15) is 0 Å². The van der Waals surface area contributed by atoms with Gasteiger partial charge in [0.15, 0.2) is 0 Å². The Balaban J connectivity index is 1.44. The zero-order valence-corrected chi connectivity index (χ0v) is 20.9. The number of piperidine rings is 3. The first-order chi connectivity index (χ1) is 14.6. The second kappa shape index (κ2) is 10.9. The maximum atomic E-state index is 13.2. The van der Waals surface area contributed by atoms with Crippen LogP contribution >= 0.6 is 0 Å². The summed E-state index contributed by atoms with van der Waals surface area (Å²) in [5, 5.41) is 3.08. The van der Waals surface area contributed by atoms with Crippen molar-refractivity contribution in [3.8, 4) is 0 Å². The Kier molecular flexibility index (Phi) is 8.80. The molecule has 0 aromatic rings. The molecule has 3 aliphatic heterocycles. The quantitative estimate of drug-likeness (QED) is 0.597. The zero-order chi connectivity index (χ0) is 22.6. The van der Waals surface area contributed by atoms with Crippen LogP contribution in [-0.2, 0) is 15.0 Å². The van der Waals surface area contributed by atoms with Crippen LogP contribution in [0.5, 0.6) is 0 Å². The molecule has 8 heteroatoms. The first-order valence-electron chi connectivity index (χ1n) is 12.4. The standard InChI is InChI=1S/C23H44N4O3S/c1-18-11-19(2)14-25(13-18)9-6-8-24-23(28)22-7-5-10-26(17-22)31(29,30)27-15-20(3)12-21(4)16-27/h18-22H,5-17H2,1-4H3,(H,24,28)/t18-,19+,20-,21+,22-/m0/s1. The van der Waals surface area contributed by atoms with Crippen LogP contribution in [0.3, 0.4) is 0 Å². The highest BCUT2D eigenvalue weighted by atomic mass is 32.2. The van der Waals surface area contributed by atoms with E-state index < -0.39 is 10.2 Å². The van der Waals surface area contributed by atoms with Crippen LogP contribution in [0.4, 0.5) is 0 Å². The van der Waals surface area contributed by atoms with Gasteiger partial charge >= 0.3 is 0 Å². The first kappa shape index (κ1) is 24.9. The first-order valence-corrected chi connectivity index (χ1v) is 13.8. The van der Waals surface area contributed by atoms with Gasteiger partial charge in [0.2, 0.25) is 5.91 Å². The molecule has 3 fully saturated rings. The normalized spacial score (nSPS) is 34.5. The van der Waals surface area contributed by atoms with Crippen molar-refractivity contribution >= 4 is 16.1 Å². The van der Waals surface area contributed by atoms with Crippen LogP contribution < -0.4 is 5.32 Å². The molecule has 1 amide bonds. The Morgan fingerprint density at radius 3 is 2.06 bits per heavy atom. The summed E-state index contributed by atoms with van der Waals surface area (Å²) in [6.07, 6.45) is 4.85. The summed E-state index contributed by atoms with van der Waals surface area (Å²) in [6, 6.07) is 0. The van der Waals surface area contributed by atoms with E-state index in [0.717, 1.165) is 57.2 Å². The minimum absolute atomic E-state index is 0.0145. The second-order valence-corrected chi connectivity index (χ2v) is 12.7. The monoisotopic (exact) mass is 456 g/mol. The maximum absolute atomic E-state index is 13.2. The minimum Gasteiger partial charge on any atom is -0.356 e. The number of carbonyl (C=O) groups excluding carboxylic acids is 1. The summed E-state index contributed by atoms with van der Waals surface area (Å²) in [4.78, 5) is 15.3. The molecule has 3 heterocycles. The molecule has 31 heavy (non-hydrogen) atoms. The van der Waals surface area contributed by atoms with Crippen LogP contribution in [0.1, 0.15) is 59.8 Å². The molecule has 0 radical (unpaired) electrons. The van der Waals surface area contributed by atoms with Crippen molar-refractivity contribution in [2.75, 3.05) is 52.4 Å². The third-order valence-electron chi connectivity index (χ3n) is 7.14. The van der Waals surface area contributed by atoms with Crippen LogP contribution in [0.25, 0.3) is 0 Å². The fourth-order valence-corrected chi connectivity index (χ4v) is 7.90. The smallest absolute Gasteiger partial charge is 0.282 e. The largest absolute Gasteiger partial charge is 0.356 e. The van der Waals surface area contributed by atoms with Gasteiger partial charge in [-0.25, -0.2) is 0 Å². The molecule has 0 aromatic heterocycles. The van der Waals surface area contributed by atoms with Gasteiger partial charge in [-0.2, -0.15) is 17.0 Å². The number of likely N-dealkylation sites (tertiary alicyclic amines) is 1. The Hall–Kier alpha value is -0.700. The molecule has 3 saturated heterocycles. The molecule has 3 rings (SSSR count). The second-order valence-electron chi connectivity index (χ2n) is 10.8. The van der Waals surface area contributed by atoms with Crippen molar-refractivity contribution in [3.05, 3.63) is 0 Å². The van der Waals surface area contributed by atoms with Gasteiger partial charge in [-0.15, -0.1) is 0 Å². The molecule has 0 saturated carbocycles. The van der Waals surface area contributed by atoms with E-state index in [0.29, 0.717) is 44.6 Å². The lowest BCUT2D eigenvalue weighted by Gasteiger charge is -2.39. The Bertz CT molecular complexity index is 681. The lowest BCUT2D eigenvalue weighted by molar-refractivity contribution is -0.126. The summed E-state index contributed by atoms with van der Waals surface area (Å²) in [7, 11) is -3.49. The molecule has 0 aliphatic carbocycles. The van der Waals surface area contributed by atoms with E-state index >= 15 is 0 Å². The number of carbonyl (C=O) groups is 1. The predicted octanol–water partition coefficient (Wildman–Crippen LogP) is 2.41. The number of rotatable bonds is 7. The van der Waals surface area contributed by atoms with E-state index in [9.17, 15) is 13.2 Å². The van der Waals surface area contributed by atoms with Crippen LogP contribution in [0, 0.1) is 29.6 Å². The van der Waals surface area contributed by atoms with E-state index in [-0.39, 0.29) is 11.8 Å². The summed E-state index contributed by atoms with van der Waals surface area (Å²) in [6.45, 7) is 14.9. The Morgan fingerprint density at radius 1 is 0.871 bits per heavy atom. The fraction of sp³-hybridized carbons (Fsp3) is 0.957. The van der Waals surface area contributed by atoms with Gasteiger partial charge in [-0.3, -0.25) is 4.79 Å². The fourth-order valence-electron chi connectivity index (χ4n) is 5.96. The molecule has 3 aliphatic rings. The SMILES string of the molecule is C[C@@H]1C[C@H](C)CN(CCCNC(=O)[C@H]2CCCN(S(=O)(=O)N3C[C@H](C)C[C@H](C)C3)C2)C1. The highest BCUT2D eigenvalue weighted by molar-refractivity contribution is 7.86. The molecule has 7 nitrogen and oxygen atoms in total. The third-order valence-corrected chi connectivity index (χ3v) is 9.07. The highest BCUT2D eigenvalue weighted by Gasteiger charge is 2.38. The molecular weight excluding hydrogens is 412 g/mol. The van der Waals surface area contributed by atoms with Gasteiger partial charge in [0.05, 0.1) is 5.92 Å². The summed E-state index contributed by atoms with van der Waals surface area (Å²) < 4.78 is 29.6. The topological polar surface area (TPSA) is 73.0 Å². The lowest BCUT2D eigenvalue weighted by Crippen LogP contribution is -2.53.